The second-order valence-electron chi connectivity index (χ2n) is 6.25. The van der Waals surface area contributed by atoms with Crippen LogP contribution in [0.1, 0.15) is 18.1 Å². The van der Waals surface area contributed by atoms with Gasteiger partial charge in [-0.25, -0.2) is 0 Å². The molecule has 0 fully saturated rings. The lowest BCUT2D eigenvalue weighted by Gasteiger charge is -2.02. The maximum absolute atomic E-state index is 9.08. The molecule has 0 saturated heterocycles. The SMILES string of the molecule is C/C=C\C(=C/C=Nc1ccc(OC)cc1)c1cc[n+](-c2cccc(C#N)c2)cc1. The molecule has 0 amide bonds. The highest BCUT2D eigenvalue weighted by molar-refractivity contribution is 5.89. The normalized spacial score (nSPS) is 11.7. The zero-order valence-electron chi connectivity index (χ0n) is 16.5. The number of benzene rings is 2. The number of aromatic nitrogens is 1. The number of aliphatic imine (C=N–C) groups is 1. The molecular weight excluding hydrogens is 358 g/mol. The molecule has 0 aliphatic carbocycles. The third kappa shape index (κ3) is 5.27. The molecule has 0 spiro atoms. The minimum atomic E-state index is 0.642. The van der Waals surface area contributed by atoms with Crippen LogP contribution in [0, 0.1) is 11.3 Å². The zero-order chi connectivity index (χ0) is 20.5. The summed E-state index contributed by atoms with van der Waals surface area (Å²) in [6, 6.07) is 21.4. The van der Waals surface area contributed by atoms with Crippen molar-refractivity contribution in [2.75, 3.05) is 7.11 Å². The summed E-state index contributed by atoms with van der Waals surface area (Å²) in [5.41, 5.74) is 4.60. The van der Waals surface area contributed by atoms with E-state index < -0.39 is 0 Å². The number of rotatable bonds is 6. The molecule has 142 valence electrons. The Morgan fingerprint density at radius 3 is 2.48 bits per heavy atom. The van der Waals surface area contributed by atoms with E-state index in [0.717, 1.165) is 28.3 Å². The summed E-state index contributed by atoms with van der Waals surface area (Å²) < 4.78 is 7.15. The fourth-order valence-corrected chi connectivity index (χ4v) is 2.83. The molecule has 1 heterocycles. The molecule has 3 rings (SSSR count). The monoisotopic (exact) mass is 380 g/mol. The van der Waals surface area contributed by atoms with Gasteiger partial charge in [-0.3, -0.25) is 4.99 Å². The number of hydrogen-bond acceptors (Lipinski definition) is 3. The van der Waals surface area contributed by atoms with Gasteiger partial charge in [-0.2, -0.15) is 9.83 Å². The van der Waals surface area contributed by atoms with Crippen LogP contribution in [-0.2, 0) is 0 Å². The Kier molecular flexibility index (Phi) is 6.70. The van der Waals surface area contributed by atoms with E-state index in [9.17, 15) is 0 Å². The third-order valence-corrected chi connectivity index (χ3v) is 4.33. The van der Waals surface area contributed by atoms with Crippen LogP contribution in [0.25, 0.3) is 11.3 Å². The Balaban J connectivity index is 1.81. The molecule has 0 radical (unpaired) electrons. The molecule has 0 N–H and O–H groups in total. The number of pyridine rings is 1. The Bertz CT molecular complexity index is 1090. The van der Waals surface area contributed by atoms with Crippen molar-refractivity contribution in [3.05, 3.63) is 102 Å². The number of hydrogen-bond donors (Lipinski definition) is 0. The minimum absolute atomic E-state index is 0.642. The van der Waals surface area contributed by atoms with Crippen molar-refractivity contribution in [1.29, 1.82) is 5.26 Å². The van der Waals surface area contributed by atoms with Crippen molar-refractivity contribution in [3.63, 3.8) is 0 Å². The molecule has 0 bridgehead atoms. The van der Waals surface area contributed by atoms with E-state index >= 15 is 0 Å². The Morgan fingerprint density at radius 2 is 1.83 bits per heavy atom. The van der Waals surface area contributed by atoms with E-state index in [0.29, 0.717) is 5.56 Å². The van der Waals surface area contributed by atoms with E-state index in [4.69, 9.17) is 10.00 Å². The van der Waals surface area contributed by atoms with Crippen molar-refractivity contribution in [1.82, 2.24) is 0 Å². The lowest BCUT2D eigenvalue weighted by molar-refractivity contribution is -0.595. The molecule has 4 heteroatoms. The van der Waals surface area contributed by atoms with E-state index in [1.54, 1.807) is 19.4 Å². The summed E-state index contributed by atoms with van der Waals surface area (Å²) in [6.07, 6.45) is 11.8. The standard InChI is InChI=1S/C25H22N3O/c1-3-5-21(12-15-27-23-8-10-25(29-2)11-9-23)22-13-16-28(17-14-22)24-7-4-6-20(18-24)19-26/h3-18H,1-2H3/q+1/b5-3-,21-12+,27-15?. The van der Waals surface area contributed by atoms with Gasteiger partial charge in [0.2, 0.25) is 5.69 Å². The number of methoxy groups -OCH3 is 1. The highest BCUT2D eigenvalue weighted by Crippen LogP contribution is 2.18. The average molecular weight is 380 g/mol. The third-order valence-electron chi connectivity index (χ3n) is 4.33. The molecule has 0 aliphatic rings. The summed E-state index contributed by atoms with van der Waals surface area (Å²) in [4.78, 5) is 4.49. The van der Waals surface area contributed by atoms with Gasteiger partial charge in [-0.15, -0.1) is 0 Å². The Labute approximate surface area is 171 Å². The first-order chi connectivity index (χ1) is 14.2. The summed E-state index contributed by atoms with van der Waals surface area (Å²) in [5, 5.41) is 9.08. The molecule has 0 atom stereocenters. The molecule has 0 unspecified atom stereocenters. The summed E-state index contributed by atoms with van der Waals surface area (Å²) >= 11 is 0. The first-order valence-corrected chi connectivity index (χ1v) is 9.27. The van der Waals surface area contributed by atoms with Gasteiger partial charge in [0, 0.05) is 30.5 Å². The summed E-state index contributed by atoms with van der Waals surface area (Å²) in [6.45, 7) is 1.99. The lowest BCUT2D eigenvalue weighted by atomic mass is 10.1. The molecule has 2 aromatic carbocycles. The minimum Gasteiger partial charge on any atom is -0.497 e. The van der Waals surface area contributed by atoms with Crippen LogP contribution < -0.4 is 9.30 Å². The molecule has 4 nitrogen and oxygen atoms in total. The summed E-state index contributed by atoms with van der Waals surface area (Å²) in [7, 11) is 1.65. The Hall–Kier alpha value is -3.97. The van der Waals surface area contributed by atoms with Crippen LogP contribution in [0.4, 0.5) is 5.69 Å². The average Bonchev–Trinajstić information content (AvgIpc) is 2.79. The number of nitrogens with zero attached hydrogens (tertiary/aromatic N) is 3. The van der Waals surface area contributed by atoms with Crippen LogP contribution in [0.2, 0.25) is 0 Å². The van der Waals surface area contributed by atoms with Gasteiger partial charge in [-0.1, -0.05) is 18.2 Å². The van der Waals surface area contributed by atoms with Crippen LogP contribution >= 0.6 is 0 Å². The van der Waals surface area contributed by atoms with E-state index in [-0.39, 0.29) is 0 Å². The molecule has 0 aliphatic heterocycles. The van der Waals surface area contributed by atoms with Gasteiger partial charge in [0.15, 0.2) is 12.4 Å². The fraction of sp³-hybridized carbons (Fsp3) is 0.0800. The topological polar surface area (TPSA) is 49.3 Å². The predicted molar refractivity (Wildman–Crippen MR) is 117 cm³/mol. The lowest BCUT2D eigenvalue weighted by Crippen LogP contribution is -2.29. The van der Waals surface area contributed by atoms with Crippen molar-refractivity contribution in [2.24, 2.45) is 4.99 Å². The van der Waals surface area contributed by atoms with Gasteiger partial charge in [0.05, 0.1) is 24.4 Å². The first-order valence-electron chi connectivity index (χ1n) is 9.27. The molecular formula is C25H22N3O+. The van der Waals surface area contributed by atoms with E-state index in [1.165, 1.54) is 0 Å². The molecule has 0 saturated carbocycles. The second kappa shape index (κ2) is 9.82. The van der Waals surface area contributed by atoms with Gasteiger partial charge in [-0.05, 0) is 54.5 Å². The van der Waals surface area contributed by atoms with Gasteiger partial charge >= 0.3 is 0 Å². The zero-order valence-corrected chi connectivity index (χ0v) is 16.5. The molecule has 29 heavy (non-hydrogen) atoms. The van der Waals surface area contributed by atoms with Crippen LogP contribution in [0.5, 0.6) is 5.75 Å². The van der Waals surface area contributed by atoms with Gasteiger partial charge in [0.1, 0.15) is 5.75 Å². The maximum Gasteiger partial charge on any atom is 0.211 e. The van der Waals surface area contributed by atoms with Crippen molar-refractivity contribution in [2.45, 2.75) is 6.92 Å². The van der Waals surface area contributed by atoms with Gasteiger partial charge in [0.25, 0.3) is 0 Å². The highest BCUT2D eigenvalue weighted by Gasteiger charge is 2.07. The number of ether oxygens (including phenoxy) is 1. The number of allylic oxidation sites excluding steroid dienone is 4. The fourth-order valence-electron chi connectivity index (χ4n) is 2.83. The molecule has 1 aromatic heterocycles. The smallest absolute Gasteiger partial charge is 0.211 e. The molecule has 3 aromatic rings. The largest absolute Gasteiger partial charge is 0.497 e. The van der Waals surface area contributed by atoms with E-state index in [2.05, 4.69) is 17.1 Å². The highest BCUT2D eigenvalue weighted by atomic mass is 16.5. The van der Waals surface area contributed by atoms with E-state index in [1.807, 2.05) is 90.6 Å². The van der Waals surface area contributed by atoms with Crippen molar-refractivity contribution < 1.29 is 9.30 Å². The predicted octanol–water partition coefficient (Wildman–Crippen LogP) is 5.21. The summed E-state index contributed by atoms with van der Waals surface area (Å²) in [5.74, 6) is 0.812. The van der Waals surface area contributed by atoms with Crippen LogP contribution in [-0.4, -0.2) is 13.3 Å². The maximum atomic E-state index is 9.08. The second-order valence-corrected chi connectivity index (χ2v) is 6.25. The quantitative estimate of drug-likeness (QED) is 0.335. The van der Waals surface area contributed by atoms with Crippen LogP contribution in [0.3, 0.4) is 0 Å². The van der Waals surface area contributed by atoms with Crippen LogP contribution in [0.15, 0.2) is 96.3 Å². The van der Waals surface area contributed by atoms with Crippen molar-refractivity contribution in [3.8, 4) is 17.5 Å². The van der Waals surface area contributed by atoms with Gasteiger partial charge < -0.3 is 4.74 Å². The Morgan fingerprint density at radius 1 is 1.07 bits per heavy atom. The van der Waals surface area contributed by atoms with Crippen molar-refractivity contribution >= 4 is 17.5 Å². The first kappa shape index (κ1) is 19.8. The number of nitriles is 1.